The number of hydrogen-bond donors (Lipinski definition) is 3. The maximum Gasteiger partial charge on any atom is 0.417 e. The molecular formula is C19H19ClF3N5O2. The van der Waals surface area contributed by atoms with Crippen LogP contribution in [-0.4, -0.2) is 28.4 Å². The topological polar surface area (TPSA) is 98.1 Å². The average Bonchev–Trinajstić information content (AvgIpc) is 3.04. The smallest absolute Gasteiger partial charge is 0.417 e. The average molecular weight is 442 g/mol. The number of halogens is 4. The Balaban J connectivity index is 2.12. The molecule has 0 spiro atoms. The molecule has 11 heteroatoms. The number of alkyl halides is 3. The van der Waals surface area contributed by atoms with Crippen molar-refractivity contribution in [2.24, 2.45) is 0 Å². The van der Waals surface area contributed by atoms with Gasteiger partial charge in [-0.15, -0.1) is 5.10 Å². The lowest BCUT2D eigenvalue weighted by molar-refractivity contribution is -0.137. The SMILES string of the molecule is COc1ccc(-c2c(Cl)cc(Nc3n[nH]c(N)n3)cc2C(F)(F)F)cc1OC(C)C. The number of hydrogen-bond acceptors (Lipinski definition) is 6. The molecule has 0 radical (unpaired) electrons. The summed E-state index contributed by atoms with van der Waals surface area (Å²) >= 11 is 6.29. The number of aromatic nitrogens is 3. The molecule has 0 aliphatic heterocycles. The first-order chi connectivity index (χ1) is 14.1. The van der Waals surface area contributed by atoms with E-state index < -0.39 is 11.7 Å². The number of anilines is 3. The summed E-state index contributed by atoms with van der Waals surface area (Å²) in [4.78, 5) is 3.81. The van der Waals surface area contributed by atoms with E-state index in [1.54, 1.807) is 13.8 Å². The molecule has 1 aromatic heterocycles. The van der Waals surface area contributed by atoms with Crippen LogP contribution in [0.4, 0.5) is 30.8 Å². The van der Waals surface area contributed by atoms with E-state index >= 15 is 0 Å². The van der Waals surface area contributed by atoms with Crippen LogP contribution < -0.4 is 20.5 Å². The molecule has 7 nitrogen and oxygen atoms in total. The van der Waals surface area contributed by atoms with Crippen LogP contribution in [-0.2, 0) is 6.18 Å². The molecule has 3 rings (SSSR count). The molecule has 0 bridgehead atoms. The van der Waals surface area contributed by atoms with Gasteiger partial charge in [-0.05, 0) is 43.7 Å². The van der Waals surface area contributed by atoms with E-state index in [2.05, 4.69) is 20.5 Å². The molecular weight excluding hydrogens is 423 g/mol. The Morgan fingerprint density at radius 2 is 1.90 bits per heavy atom. The van der Waals surface area contributed by atoms with Gasteiger partial charge in [-0.1, -0.05) is 17.7 Å². The Kier molecular flexibility index (Phi) is 5.97. The van der Waals surface area contributed by atoms with Crippen molar-refractivity contribution in [1.29, 1.82) is 0 Å². The molecule has 160 valence electrons. The number of H-pyrrole nitrogens is 1. The number of ether oxygens (including phenoxy) is 2. The number of nitrogens with zero attached hydrogens (tertiary/aromatic N) is 2. The number of methoxy groups -OCH3 is 1. The van der Waals surface area contributed by atoms with Crippen molar-refractivity contribution >= 4 is 29.2 Å². The van der Waals surface area contributed by atoms with E-state index in [0.29, 0.717) is 11.5 Å². The number of nitrogens with one attached hydrogen (secondary N) is 2. The van der Waals surface area contributed by atoms with Gasteiger partial charge in [0, 0.05) is 11.3 Å². The Morgan fingerprint density at radius 3 is 2.47 bits per heavy atom. The number of rotatable bonds is 6. The van der Waals surface area contributed by atoms with Crippen LogP contribution in [0.3, 0.4) is 0 Å². The molecule has 0 unspecified atom stereocenters. The van der Waals surface area contributed by atoms with Crippen molar-refractivity contribution in [3.05, 3.63) is 40.9 Å². The van der Waals surface area contributed by atoms with E-state index in [4.69, 9.17) is 26.8 Å². The zero-order chi connectivity index (χ0) is 22.1. The summed E-state index contributed by atoms with van der Waals surface area (Å²) in [6.45, 7) is 3.60. The zero-order valence-corrected chi connectivity index (χ0v) is 17.0. The number of benzene rings is 2. The van der Waals surface area contributed by atoms with Crippen molar-refractivity contribution in [3.8, 4) is 22.6 Å². The highest BCUT2D eigenvalue weighted by Crippen LogP contribution is 2.45. The first kappa shape index (κ1) is 21.6. The first-order valence-corrected chi connectivity index (χ1v) is 9.17. The van der Waals surface area contributed by atoms with Gasteiger partial charge in [-0.2, -0.15) is 18.2 Å². The van der Waals surface area contributed by atoms with Crippen LogP contribution in [0.15, 0.2) is 30.3 Å². The van der Waals surface area contributed by atoms with Crippen molar-refractivity contribution in [2.45, 2.75) is 26.1 Å². The number of aromatic amines is 1. The van der Waals surface area contributed by atoms with Gasteiger partial charge in [0.25, 0.3) is 0 Å². The minimum Gasteiger partial charge on any atom is -0.493 e. The van der Waals surface area contributed by atoms with Gasteiger partial charge in [0.15, 0.2) is 11.5 Å². The number of nitrogens with two attached hydrogens (primary N) is 1. The molecule has 3 aromatic rings. The quantitative estimate of drug-likeness (QED) is 0.482. The van der Waals surface area contributed by atoms with Crippen molar-refractivity contribution in [1.82, 2.24) is 15.2 Å². The molecule has 0 saturated heterocycles. The summed E-state index contributed by atoms with van der Waals surface area (Å²) in [7, 11) is 1.45. The van der Waals surface area contributed by atoms with Crippen LogP contribution in [0.25, 0.3) is 11.1 Å². The zero-order valence-electron chi connectivity index (χ0n) is 16.3. The van der Waals surface area contributed by atoms with Crippen molar-refractivity contribution < 1.29 is 22.6 Å². The fraction of sp³-hybridized carbons (Fsp3) is 0.263. The Hall–Kier alpha value is -3.14. The molecule has 2 aromatic carbocycles. The molecule has 0 amide bonds. The van der Waals surface area contributed by atoms with E-state index in [0.717, 1.165) is 6.07 Å². The molecule has 4 N–H and O–H groups in total. The fourth-order valence-corrected chi connectivity index (χ4v) is 3.16. The summed E-state index contributed by atoms with van der Waals surface area (Å²) < 4.78 is 52.6. The number of nitrogen functional groups attached to an aromatic ring is 1. The lowest BCUT2D eigenvalue weighted by Gasteiger charge is -2.19. The maximum atomic E-state index is 13.9. The second kappa shape index (κ2) is 8.31. The monoisotopic (exact) mass is 441 g/mol. The van der Waals surface area contributed by atoms with Crippen molar-refractivity contribution in [2.75, 3.05) is 18.2 Å². The summed E-state index contributed by atoms with van der Waals surface area (Å²) in [5.41, 5.74) is 4.62. The maximum absolute atomic E-state index is 13.9. The second-order valence-electron chi connectivity index (χ2n) is 6.58. The predicted molar refractivity (Wildman–Crippen MR) is 108 cm³/mol. The highest BCUT2D eigenvalue weighted by molar-refractivity contribution is 6.34. The van der Waals surface area contributed by atoms with Gasteiger partial charge < -0.3 is 20.5 Å². The van der Waals surface area contributed by atoms with Gasteiger partial charge in [-0.25, -0.2) is 5.10 Å². The summed E-state index contributed by atoms with van der Waals surface area (Å²) in [6, 6.07) is 6.78. The predicted octanol–water partition coefficient (Wildman–Crippen LogP) is 5.27. The molecule has 30 heavy (non-hydrogen) atoms. The molecule has 0 aliphatic carbocycles. The van der Waals surface area contributed by atoms with E-state index in [-0.39, 0.29) is 39.8 Å². The molecule has 1 heterocycles. The summed E-state index contributed by atoms with van der Waals surface area (Å²) in [5, 5.41) is 8.67. The lowest BCUT2D eigenvalue weighted by atomic mass is 9.97. The Labute approximate surface area is 175 Å². The van der Waals surface area contributed by atoms with E-state index in [1.807, 2.05) is 0 Å². The van der Waals surface area contributed by atoms with Crippen LogP contribution in [0.1, 0.15) is 19.4 Å². The minimum absolute atomic E-state index is 0.0153. The van der Waals surface area contributed by atoms with Crippen LogP contribution in [0, 0.1) is 0 Å². The van der Waals surface area contributed by atoms with Crippen LogP contribution in [0.5, 0.6) is 11.5 Å². The van der Waals surface area contributed by atoms with Gasteiger partial charge in [-0.3, -0.25) is 0 Å². The van der Waals surface area contributed by atoms with Crippen molar-refractivity contribution in [3.63, 3.8) is 0 Å². The van der Waals surface area contributed by atoms with Gasteiger partial charge in [0.05, 0.1) is 23.8 Å². The van der Waals surface area contributed by atoms with E-state index in [1.165, 1.54) is 31.4 Å². The molecule has 0 atom stereocenters. The Morgan fingerprint density at radius 1 is 1.17 bits per heavy atom. The lowest BCUT2D eigenvalue weighted by Crippen LogP contribution is -2.10. The second-order valence-corrected chi connectivity index (χ2v) is 6.99. The summed E-state index contributed by atoms with van der Waals surface area (Å²) in [5.74, 6) is 0.749. The highest BCUT2D eigenvalue weighted by Gasteiger charge is 2.35. The third kappa shape index (κ3) is 4.70. The first-order valence-electron chi connectivity index (χ1n) is 8.79. The third-order valence-electron chi connectivity index (χ3n) is 3.97. The van der Waals surface area contributed by atoms with Crippen LogP contribution in [0.2, 0.25) is 5.02 Å². The van der Waals surface area contributed by atoms with E-state index in [9.17, 15) is 13.2 Å². The molecule has 0 fully saturated rings. The highest BCUT2D eigenvalue weighted by atomic mass is 35.5. The normalized spacial score (nSPS) is 11.6. The largest absolute Gasteiger partial charge is 0.493 e. The molecule has 0 aliphatic rings. The Bertz CT molecular complexity index is 1050. The van der Waals surface area contributed by atoms with Gasteiger partial charge in [0.2, 0.25) is 11.9 Å². The summed E-state index contributed by atoms with van der Waals surface area (Å²) in [6.07, 6.45) is -4.87. The minimum atomic E-state index is -4.67. The third-order valence-corrected chi connectivity index (χ3v) is 4.27. The molecule has 0 saturated carbocycles. The van der Waals surface area contributed by atoms with Gasteiger partial charge in [0.1, 0.15) is 0 Å². The standard InChI is InChI=1S/C19H19ClF3N5O2/c1-9(2)30-15-6-10(4-5-14(15)29-3)16-12(19(21,22)23)7-11(8-13(16)20)25-18-26-17(24)27-28-18/h4-9H,1-3H3,(H4,24,25,26,27,28). The van der Waals surface area contributed by atoms with Gasteiger partial charge >= 0.3 is 6.18 Å². The fourth-order valence-electron chi connectivity index (χ4n) is 2.83. The van der Waals surface area contributed by atoms with Crippen LogP contribution >= 0.6 is 11.6 Å².